The molecule has 0 spiro atoms. The van der Waals surface area contributed by atoms with Crippen LogP contribution in [0.5, 0.6) is 0 Å². The number of benzene rings is 1. The summed E-state index contributed by atoms with van der Waals surface area (Å²) in [5.74, 6) is 0.739. The van der Waals surface area contributed by atoms with Crippen molar-refractivity contribution in [2.75, 3.05) is 18.4 Å². The van der Waals surface area contributed by atoms with Crippen molar-refractivity contribution in [2.24, 2.45) is 7.05 Å². The summed E-state index contributed by atoms with van der Waals surface area (Å²) in [7, 11) is 1.85. The molecule has 1 aliphatic rings. The highest BCUT2D eigenvalue weighted by atomic mass is 32.1. The second-order valence-corrected chi connectivity index (χ2v) is 7.87. The summed E-state index contributed by atoms with van der Waals surface area (Å²) in [5, 5.41) is 12.9. The zero-order chi connectivity index (χ0) is 19.3. The van der Waals surface area contributed by atoms with Crippen molar-refractivity contribution in [2.45, 2.75) is 25.4 Å². The fourth-order valence-corrected chi connectivity index (χ4v) is 4.08. The number of hydrogen-bond acceptors (Lipinski definition) is 6. The Morgan fingerprint density at radius 2 is 2.00 bits per heavy atom. The van der Waals surface area contributed by atoms with Gasteiger partial charge in [-0.1, -0.05) is 30.3 Å². The van der Waals surface area contributed by atoms with E-state index in [0.29, 0.717) is 10.8 Å². The summed E-state index contributed by atoms with van der Waals surface area (Å²) in [4.78, 5) is 19.4. The highest BCUT2D eigenvalue weighted by molar-refractivity contribution is 7.14. The van der Waals surface area contributed by atoms with Crippen LogP contribution in [0.25, 0.3) is 0 Å². The summed E-state index contributed by atoms with van der Waals surface area (Å²) in [6, 6.07) is 12.6. The fraction of sp³-hybridized carbons (Fsp3) is 0.350. The van der Waals surface area contributed by atoms with Crippen LogP contribution in [-0.4, -0.2) is 44.7 Å². The van der Waals surface area contributed by atoms with Crippen LogP contribution in [0.3, 0.4) is 0 Å². The molecule has 8 heteroatoms. The lowest BCUT2D eigenvalue weighted by molar-refractivity contribution is 0.0904. The Morgan fingerprint density at radius 1 is 1.21 bits per heavy atom. The molecule has 1 aromatic carbocycles. The number of aryl methyl sites for hydroxylation is 1. The molecular formula is C20H24N6OS. The van der Waals surface area contributed by atoms with Gasteiger partial charge in [0.05, 0.1) is 6.20 Å². The molecule has 1 amide bonds. The van der Waals surface area contributed by atoms with Crippen molar-refractivity contribution in [3.63, 3.8) is 0 Å². The van der Waals surface area contributed by atoms with E-state index in [1.165, 1.54) is 16.9 Å². The van der Waals surface area contributed by atoms with Gasteiger partial charge in [0.15, 0.2) is 5.13 Å². The molecule has 2 aromatic heterocycles. The van der Waals surface area contributed by atoms with Crippen LogP contribution in [0.1, 0.15) is 28.9 Å². The number of hydrogen-bond donors (Lipinski definition) is 2. The Labute approximate surface area is 168 Å². The van der Waals surface area contributed by atoms with Gasteiger partial charge in [-0.15, -0.1) is 11.3 Å². The lowest BCUT2D eigenvalue weighted by Gasteiger charge is -2.32. The lowest BCUT2D eigenvalue weighted by atomic mass is 10.0. The zero-order valence-corrected chi connectivity index (χ0v) is 16.7. The SMILES string of the molecule is Cn1nccc1Nc1nc(C(=O)NC2CCN(Cc3ccccc3)CC2)cs1. The molecule has 0 radical (unpaired) electrons. The van der Waals surface area contributed by atoms with Crippen molar-refractivity contribution in [3.05, 3.63) is 59.2 Å². The summed E-state index contributed by atoms with van der Waals surface area (Å²) < 4.78 is 1.73. The van der Waals surface area contributed by atoms with E-state index in [0.717, 1.165) is 38.3 Å². The van der Waals surface area contributed by atoms with E-state index >= 15 is 0 Å². The van der Waals surface area contributed by atoms with Crippen molar-refractivity contribution < 1.29 is 4.79 Å². The molecule has 0 atom stereocenters. The Balaban J connectivity index is 1.26. The van der Waals surface area contributed by atoms with Crippen LogP contribution in [0.4, 0.5) is 10.9 Å². The molecular weight excluding hydrogens is 372 g/mol. The van der Waals surface area contributed by atoms with Gasteiger partial charge in [0, 0.05) is 44.2 Å². The number of anilines is 2. The van der Waals surface area contributed by atoms with Crippen molar-refractivity contribution >= 4 is 28.2 Å². The smallest absolute Gasteiger partial charge is 0.271 e. The molecule has 146 valence electrons. The van der Waals surface area contributed by atoms with E-state index in [4.69, 9.17) is 0 Å². The Hall–Kier alpha value is -2.71. The Kier molecular flexibility index (Phi) is 5.68. The number of carbonyl (C=O) groups is 1. The van der Waals surface area contributed by atoms with Crippen LogP contribution >= 0.6 is 11.3 Å². The van der Waals surface area contributed by atoms with E-state index in [9.17, 15) is 4.79 Å². The summed E-state index contributed by atoms with van der Waals surface area (Å²) in [6.07, 6.45) is 3.64. The molecule has 4 rings (SSSR count). The zero-order valence-electron chi connectivity index (χ0n) is 15.8. The minimum atomic E-state index is -0.101. The predicted molar refractivity (Wildman–Crippen MR) is 111 cm³/mol. The van der Waals surface area contributed by atoms with Gasteiger partial charge < -0.3 is 10.6 Å². The Bertz CT molecular complexity index is 914. The largest absolute Gasteiger partial charge is 0.348 e. The molecule has 0 unspecified atom stereocenters. The average molecular weight is 397 g/mol. The number of nitrogens with one attached hydrogen (secondary N) is 2. The number of likely N-dealkylation sites (tertiary alicyclic amines) is 1. The number of amides is 1. The minimum Gasteiger partial charge on any atom is -0.348 e. The quantitative estimate of drug-likeness (QED) is 0.670. The number of rotatable bonds is 6. The van der Waals surface area contributed by atoms with E-state index in [1.807, 2.05) is 19.2 Å². The highest BCUT2D eigenvalue weighted by Crippen LogP contribution is 2.21. The van der Waals surface area contributed by atoms with Crippen LogP contribution in [0.15, 0.2) is 48.0 Å². The molecule has 3 heterocycles. The van der Waals surface area contributed by atoms with Gasteiger partial charge in [0.2, 0.25) is 0 Å². The number of nitrogens with zero attached hydrogens (tertiary/aromatic N) is 4. The van der Waals surface area contributed by atoms with Crippen LogP contribution in [-0.2, 0) is 13.6 Å². The van der Waals surface area contributed by atoms with Crippen LogP contribution in [0.2, 0.25) is 0 Å². The van der Waals surface area contributed by atoms with Gasteiger partial charge in [-0.25, -0.2) is 4.98 Å². The number of thiazole rings is 1. The van der Waals surface area contributed by atoms with Gasteiger partial charge in [-0.05, 0) is 18.4 Å². The fourth-order valence-electron chi connectivity index (χ4n) is 3.38. The van der Waals surface area contributed by atoms with Crippen LogP contribution < -0.4 is 10.6 Å². The topological polar surface area (TPSA) is 75.1 Å². The van der Waals surface area contributed by atoms with Gasteiger partial charge in [-0.2, -0.15) is 5.10 Å². The van der Waals surface area contributed by atoms with Gasteiger partial charge in [-0.3, -0.25) is 14.4 Å². The molecule has 28 heavy (non-hydrogen) atoms. The monoisotopic (exact) mass is 396 g/mol. The van der Waals surface area contributed by atoms with Crippen molar-refractivity contribution in [1.29, 1.82) is 0 Å². The lowest BCUT2D eigenvalue weighted by Crippen LogP contribution is -2.44. The molecule has 3 aromatic rings. The van der Waals surface area contributed by atoms with E-state index < -0.39 is 0 Å². The molecule has 0 bridgehead atoms. The second-order valence-electron chi connectivity index (χ2n) is 7.01. The van der Waals surface area contributed by atoms with E-state index in [1.54, 1.807) is 16.3 Å². The Morgan fingerprint density at radius 3 is 2.71 bits per heavy atom. The predicted octanol–water partition coefficient (Wildman–Crippen LogP) is 3.01. The first kappa shape index (κ1) is 18.6. The average Bonchev–Trinajstić information content (AvgIpc) is 3.34. The summed E-state index contributed by atoms with van der Waals surface area (Å²) in [6.45, 7) is 2.95. The number of carbonyl (C=O) groups excluding carboxylic acids is 1. The molecule has 7 nitrogen and oxygen atoms in total. The minimum absolute atomic E-state index is 0.101. The van der Waals surface area contributed by atoms with E-state index in [2.05, 4.69) is 49.9 Å². The third-order valence-electron chi connectivity index (χ3n) is 4.96. The standard InChI is InChI=1S/C20H24N6OS/c1-25-18(7-10-21-25)24-20-23-17(14-28-20)19(27)22-16-8-11-26(12-9-16)13-15-5-3-2-4-6-15/h2-7,10,14,16H,8-9,11-13H2,1H3,(H,22,27)(H,23,24). The maximum Gasteiger partial charge on any atom is 0.271 e. The number of aromatic nitrogens is 3. The van der Waals surface area contributed by atoms with Gasteiger partial charge in [0.1, 0.15) is 11.5 Å². The molecule has 0 saturated carbocycles. The molecule has 2 N–H and O–H groups in total. The summed E-state index contributed by atoms with van der Waals surface area (Å²) in [5.41, 5.74) is 1.79. The van der Waals surface area contributed by atoms with E-state index in [-0.39, 0.29) is 11.9 Å². The first-order chi connectivity index (χ1) is 13.7. The molecule has 1 aliphatic heterocycles. The first-order valence-electron chi connectivity index (χ1n) is 9.45. The van der Waals surface area contributed by atoms with Crippen LogP contribution in [0, 0.1) is 0 Å². The first-order valence-corrected chi connectivity index (χ1v) is 10.3. The third-order valence-corrected chi connectivity index (χ3v) is 5.72. The molecule has 1 saturated heterocycles. The van der Waals surface area contributed by atoms with Crippen molar-refractivity contribution in [3.8, 4) is 0 Å². The normalized spacial score (nSPS) is 15.5. The second kappa shape index (κ2) is 8.53. The highest BCUT2D eigenvalue weighted by Gasteiger charge is 2.22. The number of piperidine rings is 1. The summed E-state index contributed by atoms with van der Waals surface area (Å²) >= 11 is 1.42. The molecule has 1 fully saturated rings. The van der Waals surface area contributed by atoms with Gasteiger partial charge in [0.25, 0.3) is 5.91 Å². The van der Waals surface area contributed by atoms with Crippen molar-refractivity contribution in [1.82, 2.24) is 25.0 Å². The molecule has 0 aliphatic carbocycles. The maximum absolute atomic E-state index is 12.5. The maximum atomic E-state index is 12.5. The van der Waals surface area contributed by atoms with Gasteiger partial charge >= 0.3 is 0 Å². The third kappa shape index (κ3) is 4.58.